The number of benzene rings is 1. The third-order valence-electron chi connectivity index (χ3n) is 4.35. The summed E-state index contributed by atoms with van der Waals surface area (Å²) in [6.07, 6.45) is 2.51. The lowest BCUT2D eigenvalue weighted by molar-refractivity contribution is -0.0231. The Hall–Kier alpha value is -1.89. The Morgan fingerprint density at radius 1 is 0.500 bits per heavy atom. The molecule has 0 radical (unpaired) electrons. The van der Waals surface area contributed by atoms with Crippen molar-refractivity contribution in [3.05, 3.63) is 42.5 Å². The molecule has 0 fully saturated rings. The number of carbonyl (C=O) groups excluding carboxylic acids is 1. The Kier molecular flexibility index (Phi) is 23.4. The van der Waals surface area contributed by atoms with Crippen LogP contribution in [0.3, 0.4) is 0 Å². The fraction of sp³-hybridized carbons (Fsp3) is 0.654. The quantitative estimate of drug-likeness (QED) is 0.0940. The van der Waals surface area contributed by atoms with Crippen molar-refractivity contribution in [2.75, 3.05) is 112 Å². The average molecular weight is 515 g/mol. The van der Waals surface area contributed by atoms with Gasteiger partial charge in [-0.15, -0.1) is 6.58 Å². The van der Waals surface area contributed by atoms with Crippen LogP contribution in [0, 0.1) is 0 Å². The second-order valence-electron chi connectivity index (χ2n) is 7.19. The lowest BCUT2D eigenvalue weighted by Gasteiger charge is -2.09. The number of hydrogen-bond acceptors (Lipinski definition) is 10. The van der Waals surface area contributed by atoms with Crippen LogP contribution in [0.5, 0.6) is 5.75 Å². The maximum Gasteiger partial charge on any atom is 0.150 e. The summed E-state index contributed by atoms with van der Waals surface area (Å²) in [5, 5.41) is 0. The van der Waals surface area contributed by atoms with Crippen molar-refractivity contribution >= 4 is 6.29 Å². The molecular formula is C26H42O10. The first-order valence-electron chi connectivity index (χ1n) is 12.3. The summed E-state index contributed by atoms with van der Waals surface area (Å²) in [5.41, 5.74) is 0.621. The molecule has 10 heteroatoms. The summed E-state index contributed by atoms with van der Waals surface area (Å²) in [6.45, 7) is 12.3. The predicted octanol–water partition coefficient (Wildman–Crippen LogP) is 2.20. The van der Waals surface area contributed by atoms with E-state index in [0.29, 0.717) is 124 Å². The van der Waals surface area contributed by atoms with E-state index < -0.39 is 0 Å². The minimum absolute atomic E-state index is 0.436. The number of aldehydes is 1. The minimum atomic E-state index is 0.436. The van der Waals surface area contributed by atoms with Gasteiger partial charge in [0.2, 0.25) is 0 Å². The molecule has 0 heterocycles. The van der Waals surface area contributed by atoms with Crippen LogP contribution < -0.4 is 4.74 Å². The topological polar surface area (TPSA) is 100 Å². The van der Waals surface area contributed by atoms with E-state index in [9.17, 15) is 4.79 Å². The smallest absolute Gasteiger partial charge is 0.150 e. The van der Waals surface area contributed by atoms with E-state index >= 15 is 0 Å². The lowest BCUT2D eigenvalue weighted by Crippen LogP contribution is -2.15. The SMILES string of the molecule is C=CCOCCOCCOCCOCCOCCOCCOCCOCCOc1ccc(C=O)cc1. The summed E-state index contributed by atoms with van der Waals surface area (Å²) in [5.74, 6) is 0.707. The largest absolute Gasteiger partial charge is 0.491 e. The second-order valence-corrected chi connectivity index (χ2v) is 7.19. The molecule has 0 spiro atoms. The number of hydrogen-bond donors (Lipinski definition) is 0. The molecule has 0 unspecified atom stereocenters. The van der Waals surface area contributed by atoms with E-state index in [-0.39, 0.29) is 0 Å². The van der Waals surface area contributed by atoms with Crippen molar-refractivity contribution < 1.29 is 47.4 Å². The second kappa shape index (κ2) is 26.2. The van der Waals surface area contributed by atoms with Gasteiger partial charge in [-0.1, -0.05) is 6.08 Å². The molecule has 0 bridgehead atoms. The summed E-state index contributed by atoms with van der Waals surface area (Å²) in [6, 6.07) is 6.94. The first kappa shape index (κ1) is 32.1. The zero-order valence-corrected chi connectivity index (χ0v) is 21.3. The zero-order chi connectivity index (χ0) is 25.8. The Bertz CT molecular complexity index is 611. The maximum atomic E-state index is 10.6. The Balaban J connectivity index is 1.67. The molecule has 0 atom stereocenters. The highest BCUT2D eigenvalue weighted by Crippen LogP contribution is 2.10. The van der Waals surface area contributed by atoms with Crippen LogP contribution in [-0.4, -0.2) is 119 Å². The number of ether oxygens (including phenoxy) is 9. The number of rotatable bonds is 28. The van der Waals surface area contributed by atoms with Crippen LogP contribution in [0.4, 0.5) is 0 Å². The lowest BCUT2D eigenvalue weighted by atomic mass is 10.2. The third kappa shape index (κ3) is 21.4. The Morgan fingerprint density at radius 3 is 1.17 bits per heavy atom. The minimum Gasteiger partial charge on any atom is -0.491 e. The van der Waals surface area contributed by atoms with Gasteiger partial charge in [-0.05, 0) is 24.3 Å². The molecule has 0 aromatic heterocycles. The highest BCUT2D eigenvalue weighted by molar-refractivity contribution is 5.74. The maximum absolute atomic E-state index is 10.6. The van der Waals surface area contributed by atoms with Gasteiger partial charge in [0.1, 0.15) is 18.6 Å². The van der Waals surface area contributed by atoms with Crippen LogP contribution in [-0.2, 0) is 37.9 Å². The molecule has 0 N–H and O–H groups in total. The fourth-order valence-corrected chi connectivity index (χ4v) is 2.57. The van der Waals surface area contributed by atoms with Gasteiger partial charge in [-0.2, -0.15) is 0 Å². The molecule has 1 aromatic rings. The van der Waals surface area contributed by atoms with Crippen LogP contribution >= 0.6 is 0 Å². The predicted molar refractivity (Wildman–Crippen MR) is 134 cm³/mol. The highest BCUT2D eigenvalue weighted by atomic mass is 16.6. The van der Waals surface area contributed by atoms with Crippen molar-refractivity contribution in [2.45, 2.75) is 0 Å². The fourth-order valence-electron chi connectivity index (χ4n) is 2.57. The first-order valence-corrected chi connectivity index (χ1v) is 12.3. The van der Waals surface area contributed by atoms with Crippen LogP contribution in [0.2, 0.25) is 0 Å². The third-order valence-corrected chi connectivity index (χ3v) is 4.35. The van der Waals surface area contributed by atoms with Gasteiger partial charge in [0.15, 0.2) is 0 Å². The summed E-state index contributed by atoms with van der Waals surface area (Å²) >= 11 is 0. The van der Waals surface area contributed by atoms with Crippen LogP contribution in [0.1, 0.15) is 10.4 Å². The molecule has 36 heavy (non-hydrogen) atoms. The Labute approximate surface area is 214 Å². The van der Waals surface area contributed by atoms with E-state index in [0.717, 1.165) is 6.29 Å². The van der Waals surface area contributed by atoms with Gasteiger partial charge in [-0.25, -0.2) is 0 Å². The molecular weight excluding hydrogens is 472 g/mol. The van der Waals surface area contributed by atoms with Crippen molar-refractivity contribution in [3.8, 4) is 5.75 Å². The average Bonchev–Trinajstić information content (AvgIpc) is 2.91. The van der Waals surface area contributed by atoms with Crippen molar-refractivity contribution in [2.24, 2.45) is 0 Å². The molecule has 0 aliphatic heterocycles. The molecule has 0 saturated heterocycles. The molecule has 1 aromatic carbocycles. The zero-order valence-electron chi connectivity index (χ0n) is 21.3. The van der Waals surface area contributed by atoms with E-state index in [1.54, 1.807) is 30.3 Å². The molecule has 10 nitrogen and oxygen atoms in total. The van der Waals surface area contributed by atoms with Gasteiger partial charge in [0.25, 0.3) is 0 Å². The Morgan fingerprint density at radius 2 is 0.833 bits per heavy atom. The highest BCUT2D eigenvalue weighted by Gasteiger charge is 1.97. The van der Waals surface area contributed by atoms with Crippen LogP contribution in [0.25, 0.3) is 0 Å². The van der Waals surface area contributed by atoms with E-state index in [4.69, 9.17) is 42.6 Å². The monoisotopic (exact) mass is 514 g/mol. The molecule has 1 rings (SSSR count). The summed E-state index contributed by atoms with van der Waals surface area (Å²) in [7, 11) is 0. The van der Waals surface area contributed by atoms with Gasteiger partial charge < -0.3 is 42.6 Å². The molecule has 206 valence electrons. The van der Waals surface area contributed by atoms with E-state index in [1.165, 1.54) is 0 Å². The summed E-state index contributed by atoms with van der Waals surface area (Å²) in [4.78, 5) is 10.6. The molecule has 0 aliphatic rings. The summed E-state index contributed by atoms with van der Waals surface area (Å²) < 4.78 is 48.7. The molecule has 0 amide bonds. The van der Waals surface area contributed by atoms with Gasteiger partial charge >= 0.3 is 0 Å². The molecule has 0 aliphatic carbocycles. The number of carbonyl (C=O) groups is 1. The van der Waals surface area contributed by atoms with Crippen LogP contribution in [0.15, 0.2) is 36.9 Å². The first-order chi connectivity index (χ1) is 17.9. The van der Waals surface area contributed by atoms with Gasteiger partial charge in [-0.3, -0.25) is 4.79 Å². The van der Waals surface area contributed by atoms with E-state index in [2.05, 4.69) is 6.58 Å². The normalized spacial score (nSPS) is 11.0. The van der Waals surface area contributed by atoms with Crippen molar-refractivity contribution in [1.29, 1.82) is 0 Å². The van der Waals surface area contributed by atoms with Crippen molar-refractivity contribution in [3.63, 3.8) is 0 Å². The molecule has 0 saturated carbocycles. The van der Waals surface area contributed by atoms with E-state index in [1.807, 2.05) is 0 Å². The van der Waals surface area contributed by atoms with Gasteiger partial charge in [0, 0.05) is 5.56 Å². The van der Waals surface area contributed by atoms with Gasteiger partial charge in [0.05, 0.1) is 106 Å². The standard InChI is InChI=1S/C26H42O10/c1-2-7-28-8-9-29-10-11-30-12-13-31-14-15-32-16-17-33-18-19-34-20-21-35-22-23-36-26-5-3-25(24-27)4-6-26/h2-6,24H,1,7-23H2. The van der Waals surface area contributed by atoms with Crippen molar-refractivity contribution in [1.82, 2.24) is 0 Å².